The van der Waals surface area contributed by atoms with Crippen molar-refractivity contribution >= 4 is 12.6 Å². The number of ether oxygens (including phenoxy) is 1. The van der Waals surface area contributed by atoms with E-state index in [1.807, 2.05) is 0 Å². The summed E-state index contributed by atoms with van der Waals surface area (Å²) < 4.78 is 5.98. The third-order valence-electron chi connectivity index (χ3n) is 3.79. The number of unbranched alkanes of at least 4 members (excludes halogenated alkanes) is 5. The molecule has 110 valence electrons. The number of rotatable bonds is 12. The fourth-order valence-electron chi connectivity index (χ4n) is 2.31. The first-order valence-electron chi connectivity index (χ1n) is 7.83. The van der Waals surface area contributed by atoms with Crippen LogP contribution >= 0.6 is 12.6 Å². The van der Waals surface area contributed by atoms with Crippen molar-refractivity contribution in [1.82, 2.24) is 0 Å². The summed E-state index contributed by atoms with van der Waals surface area (Å²) in [6.07, 6.45) is 10.6. The van der Waals surface area contributed by atoms with Gasteiger partial charge < -0.3 is 4.74 Å². The predicted molar refractivity (Wildman–Crippen MR) is 85.7 cm³/mol. The van der Waals surface area contributed by atoms with Crippen LogP contribution in [0.3, 0.4) is 0 Å². The standard InChI is InChI=1S/C16H34OS/c1-5-7-8-9-10-11-12-15(14-18)16(3,4)17-13-6-2/h15,18H,5-14H2,1-4H3. The van der Waals surface area contributed by atoms with Crippen molar-refractivity contribution in [2.45, 2.75) is 84.7 Å². The van der Waals surface area contributed by atoms with Gasteiger partial charge in [-0.15, -0.1) is 0 Å². The van der Waals surface area contributed by atoms with Gasteiger partial charge in [-0.3, -0.25) is 0 Å². The highest BCUT2D eigenvalue weighted by molar-refractivity contribution is 7.80. The van der Waals surface area contributed by atoms with E-state index in [0.29, 0.717) is 5.92 Å². The molecule has 0 aromatic heterocycles. The van der Waals surface area contributed by atoms with Crippen LogP contribution in [0.2, 0.25) is 0 Å². The van der Waals surface area contributed by atoms with Crippen LogP contribution in [0.5, 0.6) is 0 Å². The molecule has 2 heteroatoms. The van der Waals surface area contributed by atoms with E-state index in [-0.39, 0.29) is 5.60 Å². The second-order valence-corrected chi connectivity index (χ2v) is 6.25. The molecule has 0 rings (SSSR count). The first-order valence-corrected chi connectivity index (χ1v) is 8.46. The van der Waals surface area contributed by atoms with Gasteiger partial charge in [-0.25, -0.2) is 0 Å². The minimum Gasteiger partial charge on any atom is -0.375 e. The van der Waals surface area contributed by atoms with Crippen LogP contribution in [-0.2, 0) is 4.74 Å². The topological polar surface area (TPSA) is 9.23 Å². The SMILES string of the molecule is CCCCCCCCC(CS)C(C)(C)OCCC. The summed E-state index contributed by atoms with van der Waals surface area (Å²) in [5.74, 6) is 1.52. The van der Waals surface area contributed by atoms with Crippen LogP contribution in [0.15, 0.2) is 0 Å². The highest BCUT2D eigenvalue weighted by Crippen LogP contribution is 2.28. The largest absolute Gasteiger partial charge is 0.375 e. The second-order valence-electron chi connectivity index (χ2n) is 5.89. The lowest BCUT2D eigenvalue weighted by molar-refractivity contribution is -0.0560. The number of hydrogen-bond donors (Lipinski definition) is 1. The smallest absolute Gasteiger partial charge is 0.0662 e. The zero-order chi connectivity index (χ0) is 13.9. The van der Waals surface area contributed by atoms with E-state index in [4.69, 9.17) is 4.74 Å². The molecule has 1 unspecified atom stereocenters. The second kappa shape index (κ2) is 11.2. The Labute approximate surface area is 120 Å². The van der Waals surface area contributed by atoms with Gasteiger partial charge in [0.2, 0.25) is 0 Å². The van der Waals surface area contributed by atoms with E-state index in [0.717, 1.165) is 18.8 Å². The molecule has 0 saturated carbocycles. The molecule has 0 aromatic rings. The summed E-state index contributed by atoms with van der Waals surface area (Å²) in [5.41, 5.74) is -0.0127. The third-order valence-corrected chi connectivity index (χ3v) is 4.23. The first-order chi connectivity index (χ1) is 8.58. The van der Waals surface area contributed by atoms with E-state index in [9.17, 15) is 0 Å². The Morgan fingerprint density at radius 2 is 1.56 bits per heavy atom. The molecule has 0 bridgehead atoms. The quantitative estimate of drug-likeness (QED) is 0.366. The summed E-state index contributed by atoms with van der Waals surface area (Å²) >= 11 is 4.51. The van der Waals surface area contributed by atoms with Gasteiger partial charge in [0, 0.05) is 6.61 Å². The van der Waals surface area contributed by atoms with Gasteiger partial charge in [0.1, 0.15) is 0 Å². The zero-order valence-electron chi connectivity index (χ0n) is 13.0. The van der Waals surface area contributed by atoms with Gasteiger partial charge in [-0.1, -0.05) is 52.4 Å². The molecule has 0 aliphatic heterocycles. The van der Waals surface area contributed by atoms with Gasteiger partial charge in [-0.2, -0.15) is 12.6 Å². The molecule has 0 aliphatic rings. The molecule has 0 heterocycles. The van der Waals surface area contributed by atoms with Crippen molar-refractivity contribution in [2.24, 2.45) is 5.92 Å². The van der Waals surface area contributed by atoms with Crippen molar-refractivity contribution in [1.29, 1.82) is 0 Å². The molecular weight excluding hydrogens is 240 g/mol. The zero-order valence-corrected chi connectivity index (χ0v) is 13.9. The molecule has 0 aromatic carbocycles. The molecule has 0 N–H and O–H groups in total. The average molecular weight is 275 g/mol. The van der Waals surface area contributed by atoms with Crippen LogP contribution in [0.1, 0.15) is 79.1 Å². The summed E-state index contributed by atoms with van der Waals surface area (Å²) in [4.78, 5) is 0. The molecule has 0 saturated heterocycles. The lowest BCUT2D eigenvalue weighted by Gasteiger charge is -2.33. The number of thiol groups is 1. The monoisotopic (exact) mass is 274 g/mol. The summed E-state index contributed by atoms with van der Waals surface area (Å²) in [5, 5.41) is 0. The van der Waals surface area contributed by atoms with Crippen molar-refractivity contribution in [3.05, 3.63) is 0 Å². The van der Waals surface area contributed by atoms with Crippen molar-refractivity contribution in [3.8, 4) is 0 Å². The van der Waals surface area contributed by atoms with Crippen LogP contribution in [0.25, 0.3) is 0 Å². The molecule has 0 fully saturated rings. The fourth-order valence-corrected chi connectivity index (χ4v) is 2.94. The lowest BCUT2D eigenvalue weighted by atomic mass is 9.87. The Hall–Kier alpha value is 0.310. The van der Waals surface area contributed by atoms with Crippen LogP contribution in [-0.4, -0.2) is 18.0 Å². The van der Waals surface area contributed by atoms with Crippen molar-refractivity contribution < 1.29 is 4.74 Å². The minimum atomic E-state index is -0.0127. The van der Waals surface area contributed by atoms with Crippen molar-refractivity contribution in [3.63, 3.8) is 0 Å². The lowest BCUT2D eigenvalue weighted by Crippen LogP contribution is -2.36. The normalized spacial score (nSPS) is 13.8. The maximum Gasteiger partial charge on any atom is 0.0662 e. The highest BCUT2D eigenvalue weighted by atomic mass is 32.1. The van der Waals surface area contributed by atoms with E-state index < -0.39 is 0 Å². The van der Waals surface area contributed by atoms with Gasteiger partial charge in [0.05, 0.1) is 5.60 Å². The highest BCUT2D eigenvalue weighted by Gasteiger charge is 2.28. The van der Waals surface area contributed by atoms with E-state index >= 15 is 0 Å². The molecule has 0 aliphatic carbocycles. The minimum absolute atomic E-state index is 0.0127. The molecule has 1 nitrogen and oxygen atoms in total. The maximum atomic E-state index is 5.98. The van der Waals surface area contributed by atoms with Crippen molar-refractivity contribution in [2.75, 3.05) is 12.4 Å². The molecule has 18 heavy (non-hydrogen) atoms. The molecule has 0 amide bonds. The summed E-state index contributed by atoms with van der Waals surface area (Å²) in [7, 11) is 0. The van der Waals surface area contributed by atoms with Gasteiger partial charge in [-0.05, 0) is 38.4 Å². The predicted octanol–water partition coefficient (Wildman–Crippen LogP) is 5.49. The molecular formula is C16H34OS. The van der Waals surface area contributed by atoms with Gasteiger partial charge in [0.15, 0.2) is 0 Å². The summed E-state index contributed by atoms with van der Waals surface area (Å²) in [6.45, 7) is 9.75. The molecule has 0 radical (unpaired) electrons. The van der Waals surface area contributed by atoms with E-state index in [1.165, 1.54) is 44.9 Å². The maximum absolute atomic E-state index is 5.98. The third kappa shape index (κ3) is 8.42. The average Bonchev–Trinajstić information content (AvgIpc) is 2.35. The van der Waals surface area contributed by atoms with Crippen LogP contribution in [0.4, 0.5) is 0 Å². The number of hydrogen-bond acceptors (Lipinski definition) is 2. The molecule has 0 spiro atoms. The van der Waals surface area contributed by atoms with Gasteiger partial charge >= 0.3 is 0 Å². The Balaban J connectivity index is 3.80. The van der Waals surface area contributed by atoms with Crippen LogP contribution in [0, 0.1) is 5.92 Å². The van der Waals surface area contributed by atoms with E-state index in [2.05, 4.69) is 40.3 Å². The van der Waals surface area contributed by atoms with Crippen LogP contribution < -0.4 is 0 Å². The first kappa shape index (κ1) is 18.3. The Bertz CT molecular complexity index is 180. The van der Waals surface area contributed by atoms with Gasteiger partial charge in [0.25, 0.3) is 0 Å². The Morgan fingerprint density at radius 3 is 2.11 bits per heavy atom. The Kier molecular flexibility index (Phi) is 11.4. The van der Waals surface area contributed by atoms with E-state index in [1.54, 1.807) is 0 Å². The molecule has 1 atom stereocenters. The fraction of sp³-hybridized carbons (Fsp3) is 1.00. The summed E-state index contributed by atoms with van der Waals surface area (Å²) in [6, 6.07) is 0. The Morgan fingerprint density at radius 1 is 0.944 bits per heavy atom.